The summed E-state index contributed by atoms with van der Waals surface area (Å²) in [5.41, 5.74) is 0.884. The van der Waals surface area contributed by atoms with Crippen LogP contribution in [0.2, 0.25) is 0 Å². The highest BCUT2D eigenvalue weighted by Crippen LogP contribution is 2.41. The Morgan fingerprint density at radius 2 is 1.34 bits per heavy atom. The van der Waals surface area contributed by atoms with Gasteiger partial charge >= 0.3 is 5.69 Å². The summed E-state index contributed by atoms with van der Waals surface area (Å²) in [5, 5.41) is 0.0175. The van der Waals surface area contributed by atoms with Gasteiger partial charge in [-0.3, -0.25) is 18.6 Å². The van der Waals surface area contributed by atoms with Crippen molar-refractivity contribution in [2.45, 2.75) is 17.3 Å². The first-order valence-corrected chi connectivity index (χ1v) is 12.5. The molecule has 5 rings (SSSR count). The predicted molar refractivity (Wildman–Crippen MR) is 137 cm³/mol. The lowest BCUT2D eigenvalue weighted by atomic mass is 9.80. The number of ether oxygens (including phenoxy) is 1. The summed E-state index contributed by atoms with van der Waals surface area (Å²) in [4.78, 5) is 25.9. The maximum absolute atomic E-state index is 13.4. The Labute approximate surface area is 205 Å². The zero-order valence-corrected chi connectivity index (χ0v) is 19.7. The molecule has 2 atom stereocenters. The van der Waals surface area contributed by atoms with Crippen molar-refractivity contribution in [3.8, 4) is 0 Å². The van der Waals surface area contributed by atoms with E-state index in [1.54, 1.807) is 6.08 Å². The van der Waals surface area contributed by atoms with Crippen LogP contribution in [0.5, 0.6) is 0 Å². The van der Waals surface area contributed by atoms with Crippen molar-refractivity contribution in [3.05, 3.63) is 147 Å². The Morgan fingerprint density at radius 1 is 0.829 bits per heavy atom. The van der Waals surface area contributed by atoms with Crippen molar-refractivity contribution in [1.82, 2.24) is 9.55 Å². The van der Waals surface area contributed by atoms with E-state index in [4.69, 9.17) is 4.74 Å². The second-order valence-corrected chi connectivity index (χ2v) is 9.95. The third-order valence-corrected chi connectivity index (χ3v) is 7.86. The molecule has 0 amide bonds. The van der Waals surface area contributed by atoms with Gasteiger partial charge in [0.1, 0.15) is 10.6 Å². The summed E-state index contributed by atoms with van der Waals surface area (Å²) in [5.74, 6) is 0. The average Bonchev–Trinajstić information content (AvgIpc) is 3.26. The number of nitrogens with zero attached hydrogens (tertiary/aromatic N) is 1. The molecular formula is C28H24N2O4S. The molecule has 35 heavy (non-hydrogen) atoms. The van der Waals surface area contributed by atoms with Crippen molar-refractivity contribution in [2.75, 3.05) is 6.61 Å². The molecule has 1 aliphatic rings. The van der Waals surface area contributed by atoms with E-state index in [1.165, 1.54) is 16.8 Å². The van der Waals surface area contributed by atoms with Crippen LogP contribution in [-0.4, -0.2) is 25.6 Å². The van der Waals surface area contributed by atoms with Crippen molar-refractivity contribution < 1.29 is 8.95 Å². The number of nitrogens with one attached hydrogen (secondary N) is 1. The number of hydrogen-bond acceptors (Lipinski definition) is 4. The molecule has 0 saturated carbocycles. The molecule has 0 aliphatic carbocycles. The van der Waals surface area contributed by atoms with Crippen LogP contribution in [0.3, 0.4) is 0 Å². The minimum absolute atomic E-state index is 0.198. The topological polar surface area (TPSA) is 81.2 Å². The summed E-state index contributed by atoms with van der Waals surface area (Å²) in [6.45, 7) is 0.198. The highest BCUT2D eigenvalue weighted by atomic mass is 32.2. The largest absolute Gasteiger partial charge is 0.360 e. The monoisotopic (exact) mass is 484 g/mol. The third kappa shape index (κ3) is 4.36. The van der Waals surface area contributed by atoms with Crippen LogP contribution in [0.1, 0.15) is 23.1 Å². The van der Waals surface area contributed by atoms with E-state index in [0.29, 0.717) is 11.4 Å². The van der Waals surface area contributed by atoms with Gasteiger partial charge in [0, 0.05) is 12.3 Å². The van der Waals surface area contributed by atoms with Gasteiger partial charge in [0.05, 0.1) is 22.7 Å². The molecule has 4 aromatic rings. The molecule has 0 spiro atoms. The summed E-state index contributed by atoms with van der Waals surface area (Å²) >= 11 is 0. The molecular weight excluding hydrogens is 460 g/mol. The lowest BCUT2D eigenvalue weighted by Crippen LogP contribution is -2.36. The molecule has 1 unspecified atom stereocenters. The fraction of sp³-hybridized carbons (Fsp3) is 0.143. The normalized spacial score (nSPS) is 17.8. The van der Waals surface area contributed by atoms with E-state index in [0.717, 1.165) is 16.7 Å². The minimum Gasteiger partial charge on any atom is -0.360 e. The lowest BCUT2D eigenvalue weighted by Gasteiger charge is -2.36. The van der Waals surface area contributed by atoms with Gasteiger partial charge in [-0.2, -0.15) is 0 Å². The molecule has 0 radical (unpaired) electrons. The average molecular weight is 485 g/mol. The van der Waals surface area contributed by atoms with Gasteiger partial charge < -0.3 is 4.74 Å². The Balaban J connectivity index is 1.52. The molecule has 1 aromatic heterocycles. The van der Waals surface area contributed by atoms with E-state index in [1.807, 2.05) is 91.0 Å². The molecule has 0 bridgehead atoms. The van der Waals surface area contributed by atoms with Crippen molar-refractivity contribution in [3.63, 3.8) is 0 Å². The summed E-state index contributed by atoms with van der Waals surface area (Å²) < 4.78 is 21.4. The first kappa shape index (κ1) is 23.0. The Kier molecular flexibility index (Phi) is 6.44. The SMILES string of the molecule is O=c1ccn(C2=CC[C@@H](COC(c3ccccc3)(c3ccccc3)c3ccccc3)S2=O)c(=O)[nH]1. The van der Waals surface area contributed by atoms with E-state index in [-0.39, 0.29) is 11.9 Å². The number of aromatic amines is 1. The van der Waals surface area contributed by atoms with Gasteiger partial charge in [-0.05, 0) is 29.2 Å². The standard InChI is InChI=1S/C28H24N2O4S/c31-25-18-19-30(27(32)29-25)26-17-16-24(35(26)33)20-34-28(21-10-4-1-5-11-21,22-12-6-2-7-13-22)23-14-8-3-9-15-23/h1-15,17-19,24H,16,20H2,(H,29,31,32)/t24-,35?/m0/s1. The fourth-order valence-electron chi connectivity index (χ4n) is 4.47. The van der Waals surface area contributed by atoms with E-state index in [9.17, 15) is 13.8 Å². The van der Waals surface area contributed by atoms with Gasteiger partial charge in [-0.1, -0.05) is 91.0 Å². The number of rotatable bonds is 7. The maximum Gasteiger partial charge on any atom is 0.333 e. The fourth-order valence-corrected chi connectivity index (χ4v) is 5.88. The van der Waals surface area contributed by atoms with Gasteiger partial charge in [0.15, 0.2) is 0 Å². The number of benzene rings is 3. The number of allylic oxidation sites excluding steroid dienone is 1. The molecule has 7 heteroatoms. The quantitative estimate of drug-likeness (QED) is 0.404. The summed E-state index contributed by atoms with van der Waals surface area (Å²) in [6, 6.07) is 31.3. The Bertz CT molecular complexity index is 1380. The lowest BCUT2D eigenvalue weighted by molar-refractivity contribution is 0.0139. The van der Waals surface area contributed by atoms with Crippen LogP contribution in [0.4, 0.5) is 0 Å². The second kappa shape index (κ2) is 9.82. The van der Waals surface area contributed by atoms with Gasteiger partial charge in [-0.15, -0.1) is 0 Å². The van der Waals surface area contributed by atoms with Crippen molar-refractivity contribution in [2.24, 2.45) is 0 Å². The van der Waals surface area contributed by atoms with Crippen LogP contribution in [0.15, 0.2) is 119 Å². The van der Waals surface area contributed by atoms with E-state index in [2.05, 4.69) is 4.98 Å². The molecule has 1 N–H and O–H groups in total. The van der Waals surface area contributed by atoms with Gasteiger partial charge in [-0.25, -0.2) is 4.79 Å². The Morgan fingerprint density at radius 3 is 1.83 bits per heavy atom. The van der Waals surface area contributed by atoms with E-state index < -0.39 is 27.6 Å². The zero-order chi connectivity index (χ0) is 24.3. The predicted octanol–water partition coefficient (Wildman–Crippen LogP) is 3.86. The molecule has 3 aromatic carbocycles. The van der Waals surface area contributed by atoms with Crippen LogP contribution in [-0.2, 0) is 21.1 Å². The molecule has 0 fully saturated rings. The maximum atomic E-state index is 13.4. The highest BCUT2D eigenvalue weighted by molar-refractivity contribution is 7.95. The van der Waals surface area contributed by atoms with E-state index >= 15 is 0 Å². The molecule has 2 heterocycles. The smallest absolute Gasteiger partial charge is 0.333 e. The Hall–Kier alpha value is -3.81. The molecule has 6 nitrogen and oxygen atoms in total. The van der Waals surface area contributed by atoms with Crippen LogP contribution >= 0.6 is 0 Å². The summed E-state index contributed by atoms with van der Waals surface area (Å²) in [6.07, 6.45) is 3.62. The summed E-state index contributed by atoms with van der Waals surface area (Å²) in [7, 11) is -1.49. The van der Waals surface area contributed by atoms with Crippen LogP contribution in [0.25, 0.3) is 5.03 Å². The third-order valence-electron chi connectivity index (χ3n) is 6.15. The van der Waals surface area contributed by atoms with Crippen LogP contribution in [0, 0.1) is 0 Å². The van der Waals surface area contributed by atoms with Crippen LogP contribution < -0.4 is 11.2 Å². The molecule has 176 valence electrons. The van der Waals surface area contributed by atoms with Gasteiger partial charge in [0.2, 0.25) is 0 Å². The second-order valence-electron chi connectivity index (χ2n) is 8.27. The molecule has 0 saturated heterocycles. The first-order valence-electron chi connectivity index (χ1n) is 11.3. The highest BCUT2D eigenvalue weighted by Gasteiger charge is 2.39. The van der Waals surface area contributed by atoms with Crippen molar-refractivity contribution >= 4 is 15.8 Å². The first-order chi connectivity index (χ1) is 17.1. The van der Waals surface area contributed by atoms with Gasteiger partial charge in [0.25, 0.3) is 5.56 Å². The number of hydrogen-bond donors (Lipinski definition) is 1. The number of H-pyrrole nitrogens is 1. The number of aromatic nitrogens is 2. The van der Waals surface area contributed by atoms with Crippen molar-refractivity contribution in [1.29, 1.82) is 0 Å². The molecule has 1 aliphatic heterocycles. The minimum atomic E-state index is -1.49. The zero-order valence-electron chi connectivity index (χ0n) is 18.9.